The molecule has 0 aromatic heterocycles. The van der Waals surface area contributed by atoms with Crippen LogP contribution >= 0.6 is 0 Å². The van der Waals surface area contributed by atoms with Gasteiger partial charge in [-0.1, -0.05) is 20.3 Å². The Kier molecular flexibility index (Phi) is 5.62. The Morgan fingerprint density at radius 3 is 2.73 bits per heavy atom. The molecule has 1 heterocycles. The number of hydrogen-bond donors (Lipinski definition) is 1. The molecule has 0 saturated carbocycles. The van der Waals surface area contributed by atoms with Crippen LogP contribution in [0, 0.1) is 5.92 Å². The van der Waals surface area contributed by atoms with Crippen molar-refractivity contribution >= 4 is 0 Å². The zero-order valence-electron chi connectivity index (χ0n) is 10.9. The van der Waals surface area contributed by atoms with Gasteiger partial charge in [0, 0.05) is 18.6 Å². The van der Waals surface area contributed by atoms with Crippen LogP contribution in [0.25, 0.3) is 0 Å². The molecule has 0 spiro atoms. The molecule has 90 valence electrons. The first-order valence-corrected chi connectivity index (χ1v) is 6.58. The van der Waals surface area contributed by atoms with Gasteiger partial charge in [-0.15, -0.1) is 0 Å². The number of nitrogens with one attached hydrogen (secondary N) is 1. The second-order valence-electron chi connectivity index (χ2n) is 5.22. The molecule has 15 heavy (non-hydrogen) atoms. The highest BCUT2D eigenvalue weighted by molar-refractivity contribution is 4.80. The minimum absolute atomic E-state index is 0.720. The number of hydrogen-bond acceptors (Lipinski definition) is 2. The van der Waals surface area contributed by atoms with E-state index in [0.29, 0.717) is 0 Å². The van der Waals surface area contributed by atoms with Crippen molar-refractivity contribution in [1.29, 1.82) is 0 Å². The maximum atomic E-state index is 3.41. The van der Waals surface area contributed by atoms with Gasteiger partial charge < -0.3 is 5.32 Å². The summed E-state index contributed by atoms with van der Waals surface area (Å²) in [5.41, 5.74) is 0. The minimum atomic E-state index is 0.720. The number of piperidine rings is 1. The molecule has 1 rings (SSSR count). The predicted molar refractivity (Wildman–Crippen MR) is 67.2 cm³/mol. The van der Waals surface area contributed by atoms with Crippen molar-refractivity contribution in [2.75, 3.05) is 20.1 Å². The van der Waals surface area contributed by atoms with E-state index in [1.807, 2.05) is 0 Å². The van der Waals surface area contributed by atoms with E-state index in [1.165, 1.54) is 38.8 Å². The maximum absolute atomic E-state index is 3.41. The average Bonchev–Trinajstić information content (AvgIpc) is 2.28. The van der Waals surface area contributed by atoms with Gasteiger partial charge in [0.05, 0.1) is 0 Å². The molecule has 1 aliphatic rings. The predicted octanol–water partition coefficient (Wildman–Crippen LogP) is 2.49. The lowest BCUT2D eigenvalue weighted by Gasteiger charge is -2.37. The van der Waals surface area contributed by atoms with Crippen molar-refractivity contribution in [3.63, 3.8) is 0 Å². The van der Waals surface area contributed by atoms with Crippen molar-refractivity contribution in [3.05, 3.63) is 0 Å². The molecule has 1 N–H and O–H groups in total. The summed E-state index contributed by atoms with van der Waals surface area (Å²) in [6.07, 6.45) is 5.37. The highest BCUT2D eigenvalue weighted by atomic mass is 15.2. The second-order valence-corrected chi connectivity index (χ2v) is 5.22. The van der Waals surface area contributed by atoms with E-state index in [0.717, 1.165) is 18.0 Å². The van der Waals surface area contributed by atoms with Crippen LogP contribution in [0.1, 0.15) is 46.5 Å². The Bertz CT molecular complexity index is 170. The van der Waals surface area contributed by atoms with Crippen molar-refractivity contribution in [1.82, 2.24) is 10.2 Å². The fourth-order valence-corrected chi connectivity index (χ4v) is 2.54. The zero-order chi connectivity index (χ0) is 11.3. The first-order chi connectivity index (χ1) is 7.17. The van der Waals surface area contributed by atoms with Crippen LogP contribution in [0.3, 0.4) is 0 Å². The summed E-state index contributed by atoms with van der Waals surface area (Å²) in [6.45, 7) is 9.61. The van der Waals surface area contributed by atoms with E-state index in [9.17, 15) is 0 Å². The van der Waals surface area contributed by atoms with Crippen LogP contribution in [0.15, 0.2) is 0 Å². The van der Waals surface area contributed by atoms with Gasteiger partial charge in [0.25, 0.3) is 0 Å². The molecule has 0 aliphatic carbocycles. The topological polar surface area (TPSA) is 15.3 Å². The molecule has 2 heteroatoms. The van der Waals surface area contributed by atoms with Crippen molar-refractivity contribution in [3.8, 4) is 0 Å². The van der Waals surface area contributed by atoms with Gasteiger partial charge in [0.1, 0.15) is 0 Å². The van der Waals surface area contributed by atoms with Crippen LogP contribution in [-0.4, -0.2) is 37.1 Å². The Hall–Kier alpha value is -0.0800. The van der Waals surface area contributed by atoms with E-state index >= 15 is 0 Å². The highest BCUT2D eigenvalue weighted by Crippen LogP contribution is 2.18. The number of rotatable bonds is 5. The number of nitrogens with zero attached hydrogens (tertiary/aromatic N) is 1. The molecule has 2 nitrogen and oxygen atoms in total. The Morgan fingerprint density at radius 2 is 2.13 bits per heavy atom. The second kappa shape index (κ2) is 6.49. The first-order valence-electron chi connectivity index (χ1n) is 6.58. The summed E-state index contributed by atoms with van der Waals surface area (Å²) >= 11 is 0. The Balaban J connectivity index is 2.34. The summed E-state index contributed by atoms with van der Waals surface area (Å²) < 4.78 is 0. The maximum Gasteiger partial charge on any atom is 0.0192 e. The zero-order valence-corrected chi connectivity index (χ0v) is 10.9. The molecule has 0 amide bonds. The van der Waals surface area contributed by atoms with Crippen molar-refractivity contribution in [2.45, 2.75) is 58.5 Å². The fourth-order valence-electron chi connectivity index (χ4n) is 2.54. The van der Waals surface area contributed by atoms with Gasteiger partial charge in [-0.05, 0) is 45.7 Å². The van der Waals surface area contributed by atoms with Crippen LogP contribution in [-0.2, 0) is 0 Å². The summed E-state index contributed by atoms with van der Waals surface area (Å²) in [4.78, 5) is 2.66. The monoisotopic (exact) mass is 212 g/mol. The average molecular weight is 212 g/mol. The molecule has 3 unspecified atom stereocenters. The Labute approximate surface area is 95.4 Å². The first kappa shape index (κ1) is 13.0. The number of likely N-dealkylation sites (N-methyl/N-ethyl adjacent to an activating group) is 1. The van der Waals surface area contributed by atoms with Crippen LogP contribution in [0.5, 0.6) is 0 Å². The van der Waals surface area contributed by atoms with Gasteiger partial charge in [0.15, 0.2) is 0 Å². The van der Waals surface area contributed by atoms with E-state index in [2.05, 4.69) is 38.0 Å². The molecule has 0 radical (unpaired) electrons. The molecule has 0 aromatic rings. The smallest absolute Gasteiger partial charge is 0.0192 e. The van der Waals surface area contributed by atoms with E-state index in [1.54, 1.807) is 0 Å². The lowest BCUT2D eigenvalue weighted by molar-refractivity contribution is 0.132. The van der Waals surface area contributed by atoms with E-state index < -0.39 is 0 Å². The SMILES string of the molecule is CCC(C)CC(C)N1CCCC(NC)C1. The van der Waals surface area contributed by atoms with E-state index in [-0.39, 0.29) is 0 Å². The normalized spacial score (nSPS) is 27.6. The lowest BCUT2D eigenvalue weighted by Crippen LogP contribution is -2.48. The third-order valence-electron chi connectivity index (χ3n) is 3.92. The Morgan fingerprint density at radius 1 is 1.40 bits per heavy atom. The van der Waals surface area contributed by atoms with Crippen LogP contribution < -0.4 is 5.32 Å². The summed E-state index contributed by atoms with van der Waals surface area (Å²) in [6, 6.07) is 1.48. The largest absolute Gasteiger partial charge is 0.316 e. The quantitative estimate of drug-likeness (QED) is 0.753. The summed E-state index contributed by atoms with van der Waals surface area (Å²) in [5, 5.41) is 3.41. The van der Waals surface area contributed by atoms with Crippen LogP contribution in [0.4, 0.5) is 0 Å². The summed E-state index contributed by atoms with van der Waals surface area (Å²) in [7, 11) is 2.09. The van der Waals surface area contributed by atoms with Crippen molar-refractivity contribution in [2.24, 2.45) is 5.92 Å². The molecule has 1 saturated heterocycles. The molecule has 1 aliphatic heterocycles. The van der Waals surface area contributed by atoms with Gasteiger partial charge in [-0.25, -0.2) is 0 Å². The molecule has 0 aromatic carbocycles. The lowest BCUT2D eigenvalue weighted by atomic mass is 9.97. The standard InChI is InChI=1S/C13H28N2/c1-5-11(2)9-12(3)15-8-6-7-13(10-15)14-4/h11-14H,5-10H2,1-4H3. The van der Waals surface area contributed by atoms with E-state index in [4.69, 9.17) is 0 Å². The summed E-state index contributed by atoms with van der Waals surface area (Å²) in [5.74, 6) is 0.870. The third-order valence-corrected chi connectivity index (χ3v) is 3.92. The van der Waals surface area contributed by atoms with Gasteiger partial charge in [-0.3, -0.25) is 4.90 Å². The van der Waals surface area contributed by atoms with Crippen molar-refractivity contribution < 1.29 is 0 Å². The van der Waals surface area contributed by atoms with Gasteiger partial charge in [0.2, 0.25) is 0 Å². The third kappa shape index (κ3) is 4.12. The molecular formula is C13H28N2. The van der Waals surface area contributed by atoms with Gasteiger partial charge in [-0.2, -0.15) is 0 Å². The highest BCUT2D eigenvalue weighted by Gasteiger charge is 2.22. The molecule has 3 atom stereocenters. The molecular weight excluding hydrogens is 184 g/mol. The fraction of sp³-hybridized carbons (Fsp3) is 1.00. The minimum Gasteiger partial charge on any atom is -0.316 e. The molecule has 0 bridgehead atoms. The van der Waals surface area contributed by atoms with Crippen LogP contribution in [0.2, 0.25) is 0 Å². The number of likely N-dealkylation sites (tertiary alicyclic amines) is 1. The van der Waals surface area contributed by atoms with Gasteiger partial charge >= 0.3 is 0 Å². The molecule has 1 fully saturated rings.